The molecule has 1 N–H and O–H groups in total. The van der Waals surface area contributed by atoms with Crippen LogP contribution in [0.1, 0.15) is 36.5 Å². The summed E-state index contributed by atoms with van der Waals surface area (Å²) in [7, 11) is 0. The summed E-state index contributed by atoms with van der Waals surface area (Å²) in [5.41, 5.74) is 4.70. The molecule has 2 rings (SSSR count). The number of hydrogen-bond acceptors (Lipinski definition) is 1. The van der Waals surface area contributed by atoms with E-state index in [1.54, 1.807) is 0 Å². The van der Waals surface area contributed by atoms with E-state index in [1.807, 2.05) is 6.92 Å². The normalized spacial score (nSPS) is 14.4. The van der Waals surface area contributed by atoms with Crippen molar-refractivity contribution in [3.8, 4) is 0 Å². The molecule has 1 aliphatic rings. The summed E-state index contributed by atoms with van der Waals surface area (Å²) < 4.78 is 0. The number of carbonyl (C=O) groups excluding carboxylic acids is 1. The third-order valence-electron chi connectivity index (χ3n) is 2.78. The van der Waals surface area contributed by atoms with Crippen LogP contribution >= 0.6 is 0 Å². The van der Waals surface area contributed by atoms with Gasteiger partial charge in [-0.1, -0.05) is 26.0 Å². The lowest BCUT2D eigenvalue weighted by Crippen LogP contribution is -2.04. The predicted octanol–water partition coefficient (Wildman–Crippen LogP) is 2.61. The topological polar surface area (TPSA) is 29.1 Å². The second-order valence-corrected chi connectivity index (χ2v) is 4.20. The van der Waals surface area contributed by atoms with Crippen molar-refractivity contribution >= 4 is 11.6 Å². The van der Waals surface area contributed by atoms with Gasteiger partial charge in [0.05, 0.1) is 6.42 Å². The van der Waals surface area contributed by atoms with E-state index in [0.717, 1.165) is 11.3 Å². The Kier molecular flexibility index (Phi) is 2.06. The van der Waals surface area contributed by atoms with Gasteiger partial charge < -0.3 is 5.32 Å². The summed E-state index contributed by atoms with van der Waals surface area (Å²) >= 11 is 0. The fourth-order valence-corrected chi connectivity index (χ4v) is 2.03. The molecule has 1 heterocycles. The van der Waals surface area contributed by atoms with E-state index in [-0.39, 0.29) is 5.91 Å². The lowest BCUT2D eigenvalue weighted by Gasteiger charge is -2.12. The molecule has 0 aromatic heterocycles. The highest BCUT2D eigenvalue weighted by atomic mass is 16.1. The fourth-order valence-electron chi connectivity index (χ4n) is 2.03. The molecule has 0 aliphatic carbocycles. The number of rotatable bonds is 1. The minimum Gasteiger partial charge on any atom is -0.325 e. The lowest BCUT2D eigenvalue weighted by molar-refractivity contribution is -0.115. The molecule has 0 radical (unpaired) electrons. The quantitative estimate of drug-likeness (QED) is 0.723. The van der Waals surface area contributed by atoms with Crippen LogP contribution in [0.5, 0.6) is 0 Å². The molecule has 0 bridgehead atoms. The van der Waals surface area contributed by atoms with Crippen molar-refractivity contribution in [2.24, 2.45) is 0 Å². The Morgan fingerprint density at radius 1 is 1.36 bits per heavy atom. The molecule has 74 valence electrons. The van der Waals surface area contributed by atoms with E-state index in [2.05, 4.69) is 31.3 Å². The molecule has 0 unspecified atom stereocenters. The van der Waals surface area contributed by atoms with Crippen molar-refractivity contribution in [1.29, 1.82) is 0 Å². The summed E-state index contributed by atoms with van der Waals surface area (Å²) in [6.45, 7) is 6.36. The van der Waals surface area contributed by atoms with Crippen molar-refractivity contribution in [2.45, 2.75) is 33.1 Å². The molecule has 2 heteroatoms. The summed E-state index contributed by atoms with van der Waals surface area (Å²) in [5.74, 6) is 0.605. The Bertz CT molecular complexity index is 394. The van der Waals surface area contributed by atoms with Gasteiger partial charge in [0.25, 0.3) is 0 Å². The average molecular weight is 189 g/mol. The Morgan fingerprint density at radius 3 is 2.71 bits per heavy atom. The van der Waals surface area contributed by atoms with Gasteiger partial charge in [0.2, 0.25) is 5.91 Å². The zero-order valence-electron chi connectivity index (χ0n) is 8.85. The van der Waals surface area contributed by atoms with Crippen molar-refractivity contribution in [3.63, 3.8) is 0 Å². The van der Waals surface area contributed by atoms with Gasteiger partial charge in [-0.3, -0.25) is 4.79 Å². The van der Waals surface area contributed by atoms with Crippen LogP contribution in [0.3, 0.4) is 0 Å². The molecule has 0 fully saturated rings. The number of hydrogen-bond donors (Lipinski definition) is 1. The maximum atomic E-state index is 11.3. The molecule has 1 aromatic carbocycles. The molecule has 0 saturated heterocycles. The van der Waals surface area contributed by atoms with Crippen molar-refractivity contribution in [2.75, 3.05) is 5.32 Å². The fraction of sp³-hybridized carbons (Fsp3) is 0.417. The van der Waals surface area contributed by atoms with Crippen LogP contribution in [0, 0.1) is 6.92 Å². The summed E-state index contributed by atoms with van der Waals surface area (Å²) in [5, 5.41) is 2.92. The van der Waals surface area contributed by atoms with E-state index in [1.165, 1.54) is 11.1 Å². The molecule has 0 atom stereocenters. The molecule has 14 heavy (non-hydrogen) atoms. The van der Waals surface area contributed by atoms with Gasteiger partial charge in [-0.25, -0.2) is 0 Å². The Balaban J connectivity index is 2.58. The SMILES string of the molecule is Cc1ccc(C(C)C)c2c1NC(=O)C2. The van der Waals surface area contributed by atoms with Crippen molar-refractivity contribution < 1.29 is 4.79 Å². The van der Waals surface area contributed by atoms with Crippen LogP contribution in [0.25, 0.3) is 0 Å². The van der Waals surface area contributed by atoms with Gasteiger partial charge in [0.15, 0.2) is 0 Å². The van der Waals surface area contributed by atoms with Gasteiger partial charge in [-0.05, 0) is 29.5 Å². The maximum absolute atomic E-state index is 11.3. The van der Waals surface area contributed by atoms with Crippen LogP contribution in [-0.4, -0.2) is 5.91 Å². The number of nitrogens with one attached hydrogen (secondary N) is 1. The zero-order chi connectivity index (χ0) is 10.3. The van der Waals surface area contributed by atoms with E-state index < -0.39 is 0 Å². The second-order valence-electron chi connectivity index (χ2n) is 4.20. The van der Waals surface area contributed by atoms with Crippen molar-refractivity contribution in [1.82, 2.24) is 0 Å². The van der Waals surface area contributed by atoms with Gasteiger partial charge in [0, 0.05) is 5.69 Å². The molecule has 1 amide bonds. The Morgan fingerprint density at radius 2 is 2.07 bits per heavy atom. The third-order valence-corrected chi connectivity index (χ3v) is 2.78. The molecular weight excluding hydrogens is 174 g/mol. The van der Waals surface area contributed by atoms with Gasteiger partial charge >= 0.3 is 0 Å². The number of aryl methyl sites for hydroxylation is 1. The number of benzene rings is 1. The zero-order valence-corrected chi connectivity index (χ0v) is 8.85. The number of amides is 1. The first-order chi connectivity index (χ1) is 6.59. The second kappa shape index (κ2) is 3.12. The van der Waals surface area contributed by atoms with Gasteiger partial charge in [-0.2, -0.15) is 0 Å². The number of anilines is 1. The molecule has 0 saturated carbocycles. The number of carbonyl (C=O) groups is 1. The highest BCUT2D eigenvalue weighted by Gasteiger charge is 2.23. The first-order valence-electron chi connectivity index (χ1n) is 5.02. The van der Waals surface area contributed by atoms with Crippen LogP contribution in [0.4, 0.5) is 5.69 Å². The van der Waals surface area contributed by atoms with Crippen LogP contribution < -0.4 is 5.32 Å². The maximum Gasteiger partial charge on any atom is 0.228 e. The molecule has 0 spiro atoms. The average Bonchev–Trinajstić information content (AvgIpc) is 2.47. The van der Waals surface area contributed by atoms with Crippen LogP contribution in [0.2, 0.25) is 0 Å². The van der Waals surface area contributed by atoms with Crippen LogP contribution in [0.15, 0.2) is 12.1 Å². The van der Waals surface area contributed by atoms with Gasteiger partial charge in [0.1, 0.15) is 0 Å². The van der Waals surface area contributed by atoms with E-state index in [4.69, 9.17) is 0 Å². The molecule has 2 nitrogen and oxygen atoms in total. The predicted molar refractivity (Wildman–Crippen MR) is 57.6 cm³/mol. The van der Waals surface area contributed by atoms with Crippen molar-refractivity contribution in [3.05, 3.63) is 28.8 Å². The molecule has 1 aromatic rings. The number of fused-ring (bicyclic) bond motifs is 1. The minimum atomic E-state index is 0.121. The lowest BCUT2D eigenvalue weighted by atomic mass is 9.94. The molecular formula is C12H15NO. The van der Waals surface area contributed by atoms with E-state index in [0.29, 0.717) is 12.3 Å². The highest BCUT2D eigenvalue weighted by molar-refractivity contribution is 6.00. The van der Waals surface area contributed by atoms with E-state index in [9.17, 15) is 4.79 Å². The minimum absolute atomic E-state index is 0.121. The standard InChI is InChI=1S/C12H15NO/c1-7(2)9-5-4-8(3)12-10(9)6-11(14)13-12/h4-5,7H,6H2,1-3H3,(H,13,14). The monoisotopic (exact) mass is 189 g/mol. The third kappa shape index (κ3) is 1.31. The summed E-state index contributed by atoms with van der Waals surface area (Å²) in [6, 6.07) is 4.22. The Hall–Kier alpha value is -1.31. The first-order valence-corrected chi connectivity index (χ1v) is 5.02. The summed E-state index contributed by atoms with van der Waals surface area (Å²) in [6.07, 6.45) is 0.546. The smallest absolute Gasteiger partial charge is 0.228 e. The summed E-state index contributed by atoms with van der Waals surface area (Å²) in [4.78, 5) is 11.3. The highest BCUT2D eigenvalue weighted by Crippen LogP contribution is 2.33. The Labute approximate surface area is 84.3 Å². The van der Waals surface area contributed by atoms with Crippen LogP contribution in [-0.2, 0) is 11.2 Å². The first kappa shape index (κ1) is 9.25. The molecule has 1 aliphatic heterocycles. The van der Waals surface area contributed by atoms with Gasteiger partial charge in [-0.15, -0.1) is 0 Å². The van der Waals surface area contributed by atoms with E-state index >= 15 is 0 Å². The largest absolute Gasteiger partial charge is 0.325 e.